The van der Waals surface area contributed by atoms with Crippen LogP contribution in [0.15, 0.2) is 48.5 Å². The summed E-state index contributed by atoms with van der Waals surface area (Å²) in [5, 5.41) is 12.2. The zero-order valence-electron chi connectivity index (χ0n) is 14.9. The number of aryl methyl sites for hydroxylation is 1. The summed E-state index contributed by atoms with van der Waals surface area (Å²) >= 11 is 0. The Kier molecular flexibility index (Phi) is 6.15. The maximum atomic E-state index is 13.9. The maximum Gasteiger partial charge on any atom is 0.318 e. The number of nitrogens with one attached hydrogen (secondary N) is 1. The smallest absolute Gasteiger partial charge is 0.318 e. The van der Waals surface area contributed by atoms with Crippen molar-refractivity contribution >= 4 is 6.03 Å². The molecule has 2 amide bonds. The largest absolute Gasteiger partial charge is 0.395 e. The number of benzene rings is 2. The van der Waals surface area contributed by atoms with Crippen LogP contribution < -0.4 is 5.32 Å². The summed E-state index contributed by atoms with van der Waals surface area (Å²) < 4.78 is 13.9. The summed E-state index contributed by atoms with van der Waals surface area (Å²) in [6, 6.07) is 13.9. The Morgan fingerprint density at radius 3 is 2.40 bits per heavy atom. The highest BCUT2D eigenvalue weighted by molar-refractivity contribution is 5.75. The van der Waals surface area contributed by atoms with Crippen molar-refractivity contribution < 1.29 is 14.3 Å². The van der Waals surface area contributed by atoms with E-state index in [4.69, 9.17) is 0 Å². The normalized spacial score (nSPS) is 11.2. The number of hydrogen-bond acceptors (Lipinski definition) is 2. The fraction of sp³-hybridized carbons (Fsp3) is 0.350. The predicted molar refractivity (Wildman–Crippen MR) is 96.6 cm³/mol. The van der Waals surface area contributed by atoms with Crippen LogP contribution in [0.25, 0.3) is 0 Å². The lowest BCUT2D eigenvalue weighted by Gasteiger charge is -2.31. The lowest BCUT2D eigenvalue weighted by atomic mass is 9.93. The Labute approximate surface area is 148 Å². The van der Waals surface area contributed by atoms with Crippen LogP contribution in [0.3, 0.4) is 0 Å². The summed E-state index contributed by atoms with van der Waals surface area (Å²) in [5.41, 5.74) is 1.95. The minimum atomic E-state index is -0.590. The second kappa shape index (κ2) is 8.12. The number of urea groups is 1. The minimum absolute atomic E-state index is 0.100. The topological polar surface area (TPSA) is 52.6 Å². The Bertz CT molecular complexity index is 714. The first-order valence-electron chi connectivity index (χ1n) is 8.32. The van der Waals surface area contributed by atoms with Crippen molar-refractivity contribution in [1.29, 1.82) is 0 Å². The second-order valence-corrected chi connectivity index (χ2v) is 6.66. The van der Waals surface area contributed by atoms with E-state index in [1.807, 2.05) is 45.0 Å². The van der Waals surface area contributed by atoms with Gasteiger partial charge in [0.2, 0.25) is 0 Å². The van der Waals surface area contributed by atoms with Crippen molar-refractivity contribution in [3.8, 4) is 0 Å². The number of hydrogen-bond donors (Lipinski definition) is 2. The molecule has 0 atom stereocenters. The number of rotatable bonds is 6. The summed E-state index contributed by atoms with van der Waals surface area (Å²) in [5.74, 6) is -0.365. The zero-order valence-corrected chi connectivity index (χ0v) is 14.9. The number of nitrogens with zero attached hydrogens (tertiary/aromatic N) is 1. The molecule has 25 heavy (non-hydrogen) atoms. The van der Waals surface area contributed by atoms with Gasteiger partial charge in [0.1, 0.15) is 5.82 Å². The molecule has 0 bridgehead atoms. The van der Waals surface area contributed by atoms with E-state index in [0.717, 1.165) is 11.1 Å². The number of halogens is 1. The van der Waals surface area contributed by atoms with Crippen molar-refractivity contribution in [2.75, 3.05) is 13.2 Å². The molecule has 0 spiro atoms. The first-order valence-corrected chi connectivity index (χ1v) is 8.32. The number of aliphatic hydroxyl groups is 1. The number of amides is 2. The summed E-state index contributed by atoms with van der Waals surface area (Å²) in [7, 11) is 0. The third kappa shape index (κ3) is 5.03. The average molecular weight is 344 g/mol. The Morgan fingerprint density at radius 1 is 1.16 bits per heavy atom. The molecule has 2 aromatic carbocycles. The molecule has 2 N–H and O–H groups in total. The van der Waals surface area contributed by atoms with Crippen LogP contribution in [-0.4, -0.2) is 29.2 Å². The highest BCUT2D eigenvalue weighted by atomic mass is 19.1. The van der Waals surface area contributed by atoms with Crippen molar-refractivity contribution in [3.05, 3.63) is 71.0 Å². The fourth-order valence-electron chi connectivity index (χ4n) is 2.59. The van der Waals surface area contributed by atoms with E-state index in [9.17, 15) is 14.3 Å². The third-order valence-electron chi connectivity index (χ3n) is 4.17. The van der Waals surface area contributed by atoms with E-state index in [2.05, 4.69) is 5.32 Å². The summed E-state index contributed by atoms with van der Waals surface area (Å²) in [4.78, 5) is 14.1. The molecule has 0 aliphatic rings. The standard InChI is InChI=1S/C20H25FN2O2/c1-15-8-10-17(11-9-15)20(2,3)22-19(25)23(12-13-24)14-16-6-4-5-7-18(16)21/h4-11,24H,12-14H2,1-3H3,(H,22,25). The molecule has 0 aromatic heterocycles. The van der Waals surface area contributed by atoms with E-state index in [1.165, 1.54) is 11.0 Å². The van der Waals surface area contributed by atoms with Gasteiger partial charge in [0.15, 0.2) is 0 Å². The molecule has 4 nitrogen and oxygen atoms in total. The highest BCUT2D eigenvalue weighted by Crippen LogP contribution is 2.21. The third-order valence-corrected chi connectivity index (χ3v) is 4.17. The monoisotopic (exact) mass is 344 g/mol. The van der Waals surface area contributed by atoms with Crippen LogP contribution in [0.4, 0.5) is 9.18 Å². The minimum Gasteiger partial charge on any atom is -0.395 e. The Hall–Kier alpha value is -2.40. The van der Waals surface area contributed by atoms with Crippen LogP contribution in [0.5, 0.6) is 0 Å². The molecule has 2 rings (SSSR count). The van der Waals surface area contributed by atoms with Gasteiger partial charge in [-0.1, -0.05) is 48.0 Å². The molecular weight excluding hydrogens is 319 g/mol. The first-order chi connectivity index (χ1) is 11.8. The van der Waals surface area contributed by atoms with Gasteiger partial charge < -0.3 is 15.3 Å². The SMILES string of the molecule is Cc1ccc(C(C)(C)NC(=O)N(CCO)Cc2ccccc2F)cc1. The van der Waals surface area contributed by atoms with Crippen LogP contribution >= 0.6 is 0 Å². The number of aliphatic hydroxyl groups excluding tert-OH is 1. The predicted octanol–water partition coefficient (Wildman–Crippen LogP) is 3.57. The maximum absolute atomic E-state index is 13.9. The van der Waals surface area contributed by atoms with Gasteiger partial charge in [0.25, 0.3) is 0 Å². The van der Waals surface area contributed by atoms with E-state index < -0.39 is 5.54 Å². The van der Waals surface area contributed by atoms with Crippen molar-refractivity contribution in [2.45, 2.75) is 32.9 Å². The Balaban J connectivity index is 2.14. The molecule has 0 radical (unpaired) electrons. The van der Waals surface area contributed by atoms with Gasteiger partial charge in [-0.25, -0.2) is 9.18 Å². The Morgan fingerprint density at radius 2 is 1.80 bits per heavy atom. The molecule has 0 saturated heterocycles. The molecule has 0 unspecified atom stereocenters. The lowest BCUT2D eigenvalue weighted by molar-refractivity contribution is 0.164. The summed E-state index contributed by atoms with van der Waals surface area (Å²) in [6.07, 6.45) is 0. The molecule has 134 valence electrons. The van der Waals surface area contributed by atoms with Crippen molar-refractivity contribution in [1.82, 2.24) is 10.2 Å². The van der Waals surface area contributed by atoms with Crippen molar-refractivity contribution in [2.24, 2.45) is 0 Å². The molecule has 0 aliphatic heterocycles. The van der Waals surface area contributed by atoms with Gasteiger partial charge in [-0.2, -0.15) is 0 Å². The van der Waals surface area contributed by atoms with E-state index >= 15 is 0 Å². The first kappa shape index (κ1) is 18.9. The van der Waals surface area contributed by atoms with Crippen LogP contribution in [-0.2, 0) is 12.1 Å². The van der Waals surface area contributed by atoms with Gasteiger partial charge in [0, 0.05) is 12.1 Å². The van der Waals surface area contributed by atoms with Gasteiger partial charge in [0.05, 0.1) is 18.7 Å². The molecular formula is C20H25FN2O2. The van der Waals surface area contributed by atoms with Crippen LogP contribution in [0.1, 0.15) is 30.5 Å². The van der Waals surface area contributed by atoms with Crippen LogP contribution in [0.2, 0.25) is 0 Å². The second-order valence-electron chi connectivity index (χ2n) is 6.66. The van der Waals surface area contributed by atoms with Gasteiger partial charge in [-0.3, -0.25) is 0 Å². The quantitative estimate of drug-likeness (QED) is 0.842. The number of carbonyl (C=O) groups is 1. The molecule has 0 heterocycles. The van der Waals surface area contributed by atoms with Crippen LogP contribution in [0, 0.1) is 12.7 Å². The molecule has 0 saturated carbocycles. The highest BCUT2D eigenvalue weighted by Gasteiger charge is 2.26. The average Bonchev–Trinajstić information content (AvgIpc) is 2.56. The van der Waals surface area contributed by atoms with E-state index in [0.29, 0.717) is 5.56 Å². The number of carbonyl (C=O) groups excluding carboxylic acids is 1. The van der Waals surface area contributed by atoms with Gasteiger partial charge >= 0.3 is 6.03 Å². The molecule has 0 fully saturated rings. The van der Waals surface area contributed by atoms with E-state index in [-0.39, 0.29) is 31.5 Å². The fourth-order valence-corrected chi connectivity index (χ4v) is 2.59. The zero-order chi connectivity index (χ0) is 18.4. The molecule has 5 heteroatoms. The van der Waals surface area contributed by atoms with Gasteiger partial charge in [-0.05, 0) is 32.4 Å². The van der Waals surface area contributed by atoms with Crippen molar-refractivity contribution in [3.63, 3.8) is 0 Å². The van der Waals surface area contributed by atoms with Gasteiger partial charge in [-0.15, -0.1) is 0 Å². The molecule has 0 aliphatic carbocycles. The lowest BCUT2D eigenvalue weighted by Crippen LogP contribution is -2.49. The summed E-state index contributed by atoms with van der Waals surface area (Å²) in [6.45, 7) is 5.87. The molecule has 2 aromatic rings. The van der Waals surface area contributed by atoms with E-state index in [1.54, 1.807) is 18.2 Å².